The van der Waals surface area contributed by atoms with Crippen molar-refractivity contribution in [1.29, 1.82) is 0 Å². The van der Waals surface area contributed by atoms with Gasteiger partial charge in [-0.1, -0.05) is 35.5 Å². The molecule has 0 saturated carbocycles. The Hall–Kier alpha value is -0.780. The molecule has 0 rings (SSSR count). The molecule has 0 bridgehead atoms. The zero-order valence-corrected chi connectivity index (χ0v) is 7.31. The smallest absolute Gasteiger partial charge is 0.0398 e. The van der Waals surface area contributed by atoms with Crippen LogP contribution in [0.2, 0.25) is 0 Å². The first-order valence-electron chi connectivity index (χ1n) is 3.61. The van der Waals surface area contributed by atoms with Gasteiger partial charge in [0.1, 0.15) is 0 Å². The van der Waals surface area contributed by atoms with E-state index in [1.807, 2.05) is 13.0 Å². The average Bonchev–Trinajstić information content (AvgIpc) is 1.85. The molecule has 0 aromatic carbocycles. The van der Waals surface area contributed by atoms with Crippen molar-refractivity contribution in [2.45, 2.75) is 27.7 Å². The normalized spacial score (nSPS) is 12.2. The maximum absolute atomic E-state index is 2.12. The summed E-state index contributed by atoms with van der Waals surface area (Å²) in [5.41, 5.74) is 2.63. The van der Waals surface area contributed by atoms with E-state index < -0.39 is 0 Å². The minimum Gasteiger partial charge on any atom is -0.0874 e. The van der Waals surface area contributed by atoms with Gasteiger partial charge in [-0.3, -0.25) is 0 Å². The molecule has 0 N–H and O–H groups in total. The van der Waals surface area contributed by atoms with Gasteiger partial charge < -0.3 is 0 Å². The quantitative estimate of drug-likeness (QED) is 0.510. The highest BCUT2D eigenvalue weighted by Crippen LogP contribution is 1.97. The van der Waals surface area contributed by atoms with E-state index in [9.17, 15) is 0 Å². The second kappa shape index (κ2) is 5.04. The van der Waals surface area contributed by atoms with Crippen LogP contribution in [-0.2, 0) is 0 Å². The van der Waals surface area contributed by atoms with Crippen LogP contribution in [0.5, 0.6) is 0 Å². The lowest BCUT2D eigenvalue weighted by molar-refractivity contribution is 1.38. The summed E-state index contributed by atoms with van der Waals surface area (Å²) in [7, 11) is 0. The van der Waals surface area contributed by atoms with E-state index in [-0.39, 0.29) is 0 Å². The highest BCUT2D eigenvalue weighted by Gasteiger charge is 1.76. The van der Waals surface area contributed by atoms with Crippen molar-refractivity contribution in [3.63, 3.8) is 0 Å². The third-order valence-electron chi connectivity index (χ3n) is 1.11. The van der Waals surface area contributed by atoms with Crippen molar-refractivity contribution in [1.82, 2.24) is 0 Å². The van der Waals surface area contributed by atoms with Gasteiger partial charge in [-0.25, -0.2) is 0 Å². The monoisotopic (exact) mass is 136 g/mol. The number of hydrogen-bond donors (Lipinski definition) is 0. The molecule has 0 aromatic rings. The zero-order valence-electron chi connectivity index (χ0n) is 7.31. The molecule has 0 spiro atoms. The van der Waals surface area contributed by atoms with E-state index in [0.717, 1.165) is 0 Å². The molecule has 0 atom stereocenters. The lowest BCUT2D eigenvalue weighted by Gasteiger charge is -1.87. The van der Waals surface area contributed by atoms with Crippen LogP contribution in [-0.4, -0.2) is 0 Å². The molecule has 0 fully saturated rings. The maximum Gasteiger partial charge on any atom is -0.0398 e. The molecule has 0 heteroatoms. The van der Waals surface area contributed by atoms with Crippen LogP contribution in [0.1, 0.15) is 27.7 Å². The largest absolute Gasteiger partial charge is 0.0874 e. The van der Waals surface area contributed by atoms with Crippen molar-refractivity contribution in [3.8, 4) is 0 Å². The predicted molar refractivity (Wildman–Crippen MR) is 48.0 cm³/mol. The Morgan fingerprint density at radius 3 is 2.00 bits per heavy atom. The highest BCUT2D eigenvalue weighted by molar-refractivity contribution is 5.22. The topological polar surface area (TPSA) is 0 Å². The van der Waals surface area contributed by atoms with E-state index in [4.69, 9.17) is 0 Å². The summed E-state index contributed by atoms with van der Waals surface area (Å²) in [4.78, 5) is 0. The summed E-state index contributed by atoms with van der Waals surface area (Å²) in [6.07, 6.45) is 8.38. The minimum atomic E-state index is 1.30. The van der Waals surface area contributed by atoms with Gasteiger partial charge in [-0.05, 0) is 27.7 Å². The van der Waals surface area contributed by atoms with Crippen molar-refractivity contribution in [2.75, 3.05) is 0 Å². The summed E-state index contributed by atoms with van der Waals surface area (Å²) >= 11 is 0. The third kappa shape index (κ3) is 5.36. The number of allylic oxidation sites excluding steroid dienone is 6. The Bertz CT molecular complexity index is 164. The lowest BCUT2D eigenvalue weighted by atomic mass is 10.2. The summed E-state index contributed by atoms with van der Waals surface area (Å²) in [5, 5.41) is 0. The zero-order chi connectivity index (χ0) is 7.98. The van der Waals surface area contributed by atoms with E-state index in [1.54, 1.807) is 0 Å². The summed E-state index contributed by atoms with van der Waals surface area (Å²) in [6, 6.07) is 0. The molecule has 0 amide bonds. The minimum absolute atomic E-state index is 1.30. The fourth-order valence-electron chi connectivity index (χ4n) is 0.617. The third-order valence-corrected chi connectivity index (χ3v) is 1.11. The molecule has 0 saturated heterocycles. The standard InChI is InChI=1S/C10H16/c1-5-6-10(4)8-7-9(2)3/h5-8H,1-4H3/b6-5-,10-8-. The van der Waals surface area contributed by atoms with Gasteiger partial charge in [0.25, 0.3) is 0 Å². The Morgan fingerprint density at radius 2 is 1.60 bits per heavy atom. The van der Waals surface area contributed by atoms with Gasteiger partial charge in [0.05, 0.1) is 0 Å². The lowest BCUT2D eigenvalue weighted by Crippen LogP contribution is -1.66. The molecule has 0 heterocycles. The van der Waals surface area contributed by atoms with E-state index in [1.165, 1.54) is 11.1 Å². The first kappa shape index (κ1) is 9.22. The van der Waals surface area contributed by atoms with E-state index >= 15 is 0 Å². The maximum atomic E-state index is 2.12. The van der Waals surface area contributed by atoms with Crippen molar-refractivity contribution in [3.05, 3.63) is 35.5 Å². The molecule has 0 aliphatic heterocycles. The molecule has 10 heavy (non-hydrogen) atoms. The Balaban J connectivity index is 4.05. The van der Waals surface area contributed by atoms with Gasteiger partial charge in [-0.2, -0.15) is 0 Å². The second-order valence-electron chi connectivity index (χ2n) is 2.65. The molecule has 56 valence electrons. The van der Waals surface area contributed by atoms with E-state index in [0.29, 0.717) is 0 Å². The van der Waals surface area contributed by atoms with Crippen molar-refractivity contribution < 1.29 is 0 Å². The van der Waals surface area contributed by atoms with Gasteiger partial charge in [0.2, 0.25) is 0 Å². The Kier molecular flexibility index (Phi) is 4.65. The van der Waals surface area contributed by atoms with Gasteiger partial charge >= 0.3 is 0 Å². The molecule has 0 nitrogen and oxygen atoms in total. The van der Waals surface area contributed by atoms with Crippen LogP contribution in [0.25, 0.3) is 0 Å². The second-order valence-corrected chi connectivity index (χ2v) is 2.65. The van der Waals surface area contributed by atoms with Crippen molar-refractivity contribution >= 4 is 0 Å². The van der Waals surface area contributed by atoms with Gasteiger partial charge in [0.15, 0.2) is 0 Å². The first-order valence-corrected chi connectivity index (χ1v) is 3.61. The van der Waals surface area contributed by atoms with Crippen LogP contribution < -0.4 is 0 Å². The van der Waals surface area contributed by atoms with Crippen LogP contribution in [0.3, 0.4) is 0 Å². The van der Waals surface area contributed by atoms with Crippen LogP contribution in [0.15, 0.2) is 35.5 Å². The number of rotatable bonds is 2. The average molecular weight is 136 g/mol. The number of hydrogen-bond acceptors (Lipinski definition) is 0. The highest BCUT2D eigenvalue weighted by atomic mass is 13.8. The first-order chi connectivity index (χ1) is 4.66. The van der Waals surface area contributed by atoms with Crippen LogP contribution in [0.4, 0.5) is 0 Å². The molecule has 0 aromatic heterocycles. The Labute approximate surface area is 64.0 Å². The molecular weight excluding hydrogens is 120 g/mol. The van der Waals surface area contributed by atoms with E-state index in [2.05, 4.69) is 39.0 Å². The fourth-order valence-corrected chi connectivity index (χ4v) is 0.617. The molecule has 0 unspecified atom stereocenters. The molecular formula is C10H16. The van der Waals surface area contributed by atoms with Gasteiger partial charge in [0, 0.05) is 0 Å². The summed E-state index contributed by atoms with van der Waals surface area (Å²) in [6.45, 7) is 8.32. The fraction of sp³-hybridized carbons (Fsp3) is 0.400. The molecule has 0 aliphatic rings. The predicted octanol–water partition coefficient (Wildman–Crippen LogP) is 3.48. The Morgan fingerprint density at radius 1 is 1.00 bits per heavy atom. The van der Waals surface area contributed by atoms with Crippen LogP contribution >= 0.6 is 0 Å². The van der Waals surface area contributed by atoms with Crippen molar-refractivity contribution in [2.24, 2.45) is 0 Å². The van der Waals surface area contributed by atoms with Crippen LogP contribution in [0, 0.1) is 0 Å². The molecule has 0 radical (unpaired) electrons. The summed E-state index contributed by atoms with van der Waals surface area (Å²) in [5.74, 6) is 0. The SMILES string of the molecule is C/C=C\C(C)=C/C=C(C)C. The summed E-state index contributed by atoms with van der Waals surface area (Å²) < 4.78 is 0. The van der Waals surface area contributed by atoms with Gasteiger partial charge in [-0.15, -0.1) is 0 Å². The molecule has 0 aliphatic carbocycles.